The Labute approximate surface area is 76.1 Å². The lowest BCUT2D eigenvalue weighted by atomic mass is 10.2. The molecule has 0 saturated heterocycles. The maximum Gasteiger partial charge on any atom is 0.116 e. The predicted molar refractivity (Wildman–Crippen MR) is 52.5 cm³/mol. The molecular formula is C10H10OS. The molecule has 1 aromatic rings. The topological polar surface area (TPSA) is 20.2 Å². The Morgan fingerprint density at radius 1 is 1.33 bits per heavy atom. The largest absolute Gasteiger partial charge is 0.508 e. The Morgan fingerprint density at radius 2 is 2.25 bits per heavy atom. The van der Waals surface area contributed by atoms with Gasteiger partial charge in [0.1, 0.15) is 5.75 Å². The van der Waals surface area contributed by atoms with E-state index in [1.807, 2.05) is 12.1 Å². The number of fused-ring (bicyclic) bond motifs is 1. The maximum absolute atomic E-state index is 9.24. The Morgan fingerprint density at radius 3 is 3.17 bits per heavy atom. The number of benzene rings is 1. The monoisotopic (exact) mass is 178 g/mol. The molecule has 0 saturated carbocycles. The molecule has 1 nitrogen and oxygen atoms in total. The lowest BCUT2D eigenvalue weighted by Crippen LogP contribution is -1.78. The van der Waals surface area contributed by atoms with Gasteiger partial charge < -0.3 is 5.11 Å². The molecule has 12 heavy (non-hydrogen) atoms. The molecule has 0 bridgehead atoms. The zero-order valence-corrected chi connectivity index (χ0v) is 7.47. The number of hydrogen-bond donors (Lipinski definition) is 1. The van der Waals surface area contributed by atoms with E-state index in [9.17, 15) is 5.11 Å². The van der Waals surface area contributed by atoms with E-state index in [1.54, 1.807) is 17.8 Å². The van der Waals surface area contributed by atoms with E-state index in [1.165, 1.54) is 10.5 Å². The van der Waals surface area contributed by atoms with E-state index in [4.69, 9.17) is 0 Å². The van der Waals surface area contributed by atoms with Crippen molar-refractivity contribution in [3.63, 3.8) is 0 Å². The van der Waals surface area contributed by atoms with Gasteiger partial charge in [-0.05, 0) is 24.1 Å². The van der Waals surface area contributed by atoms with Gasteiger partial charge in [0.05, 0.1) is 0 Å². The number of aromatic hydroxyl groups is 1. The number of hydrogen-bond acceptors (Lipinski definition) is 2. The van der Waals surface area contributed by atoms with Crippen molar-refractivity contribution in [1.29, 1.82) is 0 Å². The number of phenolic OH excluding ortho intramolecular Hbond substituents is 1. The molecule has 0 unspecified atom stereocenters. The molecule has 1 aliphatic heterocycles. The molecule has 0 spiro atoms. The van der Waals surface area contributed by atoms with Crippen molar-refractivity contribution in [2.24, 2.45) is 0 Å². The molecule has 0 amide bonds. The number of phenols is 1. The van der Waals surface area contributed by atoms with E-state index >= 15 is 0 Å². The first kappa shape index (κ1) is 7.74. The summed E-state index contributed by atoms with van der Waals surface area (Å²) in [7, 11) is 0. The summed E-state index contributed by atoms with van der Waals surface area (Å²) in [5.74, 6) is 1.46. The first-order valence-corrected chi connectivity index (χ1v) is 4.97. The van der Waals surface area contributed by atoms with Gasteiger partial charge in [-0.2, -0.15) is 0 Å². The van der Waals surface area contributed by atoms with Crippen LogP contribution in [0.2, 0.25) is 0 Å². The SMILES string of the molecule is Oc1ccc2c(c1)SCCC=C2. The fraction of sp³-hybridized carbons (Fsp3) is 0.200. The van der Waals surface area contributed by atoms with E-state index < -0.39 is 0 Å². The van der Waals surface area contributed by atoms with Crippen LogP contribution in [0.5, 0.6) is 5.75 Å². The van der Waals surface area contributed by atoms with Crippen molar-refractivity contribution < 1.29 is 5.11 Å². The molecule has 1 heterocycles. The average Bonchev–Trinajstić information content (AvgIpc) is 2.28. The Bertz CT molecular complexity index is 318. The van der Waals surface area contributed by atoms with E-state index in [-0.39, 0.29) is 0 Å². The minimum Gasteiger partial charge on any atom is -0.508 e. The first-order valence-electron chi connectivity index (χ1n) is 3.98. The zero-order chi connectivity index (χ0) is 8.39. The minimum absolute atomic E-state index is 0.358. The highest BCUT2D eigenvalue weighted by atomic mass is 32.2. The Kier molecular flexibility index (Phi) is 2.09. The second-order valence-electron chi connectivity index (χ2n) is 2.76. The third-order valence-electron chi connectivity index (χ3n) is 1.84. The van der Waals surface area contributed by atoms with Crippen LogP contribution in [0.1, 0.15) is 12.0 Å². The van der Waals surface area contributed by atoms with Gasteiger partial charge in [-0.1, -0.05) is 18.2 Å². The minimum atomic E-state index is 0.358. The van der Waals surface area contributed by atoms with Crippen LogP contribution in [0.4, 0.5) is 0 Å². The number of allylic oxidation sites excluding steroid dienone is 1. The third kappa shape index (κ3) is 1.48. The number of thioether (sulfide) groups is 1. The summed E-state index contributed by atoms with van der Waals surface area (Å²) in [6.07, 6.45) is 5.41. The van der Waals surface area contributed by atoms with Crippen LogP contribution in [0.15, 0.2) is 29.2 Å². The molecular weight excluding hydrogens is 168 g/mol. The summed E-state index contributed by atoms with van der Waals surface area (Å²) in [5.41, 5.74) is 1.22. The normalized spacial score (nSPS) is 15.3. The summed E-state index contributed by atoms with van der Waals surface area (Å²) < 4.78 is 0. The lowest BCUT2D eigenvalue weighted by Gasteiger charge is -2.02. The van der Waals surface area contributed by atoms with E-state index in [2.05, 4.69) is 12.2 Å². The summed E-state index contributed by atoms with van der Waals surface area (Å²) in [5, 5.41) is 9.24. The van der Waals surface area contributed by atoms with Gasteiger partial charge in [-0.15, -0.1) is 11.8 Å². The Balaban J connectivity index is 2.46. The van der Waals surface area contributed by atoms with Crippen LogP contribution in [-0.2, 0) is 0 Å². The average molecular weight is 178 g/mol. The van der Waals surface area contributed by atoms with Gasteiger partial charge in [-0.3, -0.25) is 0 Å². The first-order chi connectivity index (χ1) is 5.86. The second kappa shape index (κ2) is 3.23. The summed E-state index contributed by atoms with van der Waals surface area (Å²) in [4.78, 5) is 1.18. The fourth-order valence-corrected chi connectivity index (χ4v) is 2.21. The molecule has 1 aliphatic rings. The van der Waals surface area contributed by atoms with Crippen molar-refractivity contribution in [2.45, 2.75) is 11.3 Å². The molecule has 1 aromatic carbocycles. The van der Waals surface area contributed by atoms with Crippen molar-refractivity contribution in [3.05, 3.63) is 29.8 Å². The summed E-state index contributed by atoms with van der Waals surface area (Å²) in [6.45, 7) is 0. The second-order valence-corrected chi connectivity index (χ2v) is 3.90. The van der Waals surface area contributed by atoms with Crippen molar-refractivity contribution >= 4 is 17.8 Å². The predicted octanol–water partition coefficient (Wildman–Crippen LogP) is 2.90. The molecule has 0 atom stereocenters. The van der Waals surface area contributed by atoms with Crippen LogP contribution in [-0.4, -0.2) is 10.9 Å². The van der Waals surface area contributed by atoms with Crippen molar-refractivity contribution in [2.75, 3.05) is 5.75 Å². The van der Waals surface area contributed by atoms with Gasteiger partial charge in [0.25, 0.3) is 0 Å². The van der Waals surface area contributed by atoms with Gasteiger partial charge in [0, 0.05) is 10.6 Å². The quantitative estimate of drug-likeness (QED) is 0.659. The van der Waals surface area contributed by atoms with Crippen LogP contribution in [0.25, 0.3) is 6.08 Å². The van der Waals surface area contributed by atoms with Gasteiger partial charge in [0.15, 0.2) is 0 Å². The van der Waals surface area contributed by atoms with Crippen LogP contribution in [0, 0.1) is 0 Å². The lowest BCUT2D eigenvalue weighted by molar-refractivity contribution is 0.474. The Hall–Kier alpha value is -0.890. The summed E-state index contributed by atoms with van der Waals surface area (Å²) in [6, 6.07) is 5.52. The molecule has 0 fully saturated rings. The highest BCUT2D eigenvalue weighted by Crippen LogP contribution is 2.30. The molecule has 2 rings (SSSR count). The molecule has 2 heteroatoms. The van der Waals surface area contributed by atoms with Crippen molar-refractivity contribution in [3.8, 4) is 5.75 Å². The van der Waals surface area contributed by atoms with Crippen LogP contribution in [0.3, 0.4) is 0 Å². The molecule has 0 aliphatic carbocycles. The number of rotatable bonds is 0. The molecule has 0 radical (unpaired) electrons. The fourth-order valence-electron chi connectivity index (χ4n) is 1.23. The van der Waals surface area contributed by atoms with Crippen LogP contribution >= 0.6 is 11.8 Å². The zero-order valence-electron chi connectivity index (χ0n) is 6.66. The van der Waals surface area contributed by atoms with Gasteiger partial charge in [-0.25, -0.2) is 0 Å². The standard InChI is InChI=1S/C10H10OS/c11-9-5-4-8-3-1-2-6-12-10(8)7-9/h1,3-5,7,11H,2,6H2. The highest BCUT2D eigenvalue weighted by Gasteiger charge is 2.03. The van der Waals surface area contributed by atoms with E-state index in [0.29, 0.717) is 5.75 Å². The van der Waals surface area contributed by atoms with Gasteiger partial charge in [0.2, 0.25) is 0 Å². The smallest absolute Gasteiger partial charge is 0.116 e. The summed E-state index contributed by atoms with van der Waals surface area (Å²) >= 11 is 1.80. The third-order valence-corrected chi connectivity index (χ3v) is 2.94. The highest BCUT2D eigenvalue weighted by molar-refractivity contribution is 7.99. The van der Waals surface area contributed by atoms with E-state index in [0.717, 1.165) is 12.2 Å². The molecule has 0 aromatic heterocycles. The molecule has 1 N–H and O–H groups in total. The van der Waals surface area contributed by atoms with Crippen molar-refractivity contribution in [1.82, 2.24) is 0 Å². The maximum atomic E-state index is 9.24. The molecule has 62 valence electrons. The van der Waals surface area contributed by atoms with Crippen LogP contribution < -0.4 is 0 Å². The van der Waals surface area contributed by atoms with Gasteiger partial charge >= 0.3 is 0 Å².